The van der Waals surface area contributed by atoms with Crippen molar-refractivity contribution < 1.29 is 4.79 Å². The zero-order valence-electron chi connectivity index (χ0n) is 16.0. The summed E-state index contributed by atoms with van der Waals surface area (Å²) in [6.07, 6.45) is 2.39. The van der Waals surface area contributed by atoms with Crippen LogP contribution in [0.4, 0.5) is 0 Å². The molecule has 1 atom stereocenters. The Kier molecular flexibility index (Phi) is 6.17. The lowest BCUT2D eigenvalue weighted by Gasteiger charge is -2.20. The predicted molar refractivity (Wildman–Crippen MR) is 110 cm³/mol. The second-order valence-electron chi connectivity index (χ2n) is 7.20. The summed E-state index contributed by atoms with van der Waals surface area (Å²) < 4.78 is 1.58. The summed E-state index contributed by atoms with van der Waals surface area (Å²) >= 11 is 6.03. The molecular formula is C21H23ClN6O. The maximum absolute atomic E-state index is 12.9. The molecule has 1 fully saturated rings. The highest BCUT2D eigenvalue weighted by atomic mass is 35.5. The molecule has 1 aromatic heterocycles. The van der Waals surface area contributed by atoms with Gasteiger partial charge in [0, 0.05) is 5.02 Å². The number of hydrogen-bond donors (Lipinski definition) is 1. The SMILES string of the molecule is O=C(Cn1nnnc1CN1CCCC1)NC(c1ccccc1)c1ccc(Cl)cc1. The zero-order chi connectivity index (χ0) is 20.1. The molecule has 0 spiro atoms. The highest BCUT2D eigenvalue weighted by molar-refractivity contribution is 6.30. The number of rotatable bonds is 7. The van der Waals surface area contributed by atoms with Crippen LogP contribution in [-0.2, 0) is 17.9 Å². The van der Waals surface area contributed by atoms with Gasteiger partial charge in [0.1, 0.15) is 6.54 Å². The standard InChI is InChI=1S/C21H23ClN6O/c22-18-10-8-17(9-11-18)21(16-6-2-1-3-7-16)23-20(29)15-28-19(24-25-26-28)14-27-12-4-5-13-27/h1-3,6-11,21H,4-5,12-15H2,(H,23,29). The molecule has 150 valence electrons. The van der Waals surface area contributed by atoms with Crippen molar-refractivity contribution in [1.82, 2.24) is 30.4 Å². The Labute approximate surface area is 174 Å². The van der Waals surface area contributed by atoms with E-state index in [0.29, 0.717) is 17.4 Å². The first-order valence-electron chi connectivity index (χ1n) is 9.76. The summed E-state index contributed by atoms with van der Waals surface area (Å²) in [6, 6.07) is 17.1. The third kappa shape index (κ3) is 4.99. The first-order valence-corrected chi connectivity index (χ1v) is 10.1. The average molecular weight is 411 g/mol. The smallest absolute Gasteiger partial charge is 0.242 e. The Bertz CT molecular complexity index is 937. The summed E-state index contributed by atoms with van der Waals surface area (Å²) in [7, 11) is 0. The van der Waals surface area contributed by atoms with Gasteiger partial charge in [-0.1, -0.05) is 54.1 Å². The predicted octanol–water partition coefficient (Wildman–Crippen LogP) is 2.83. The van der Waals surface area contributed by atoms with E-state index in [-0.39, 0.29) is 18.5 Å². The van der Waals surface area contributed by atoms with Gasteiger partial charge in [-0.25, -0.2) is 4.68 Å². The second-order valence-corrected chi connectivity index (χ2v) is 7.64. The highest BCUT2D eigenvalue weighted by Gasteiger charge is 2.20. The van der Waals surface area contributed by atoms with Crippen LogP contribution in [0.15, 0.2) is 54.6 Å². The molecule has 1 aliphatic rings. The fourth-order valence-electron chi connectivity index (χ4n) is 3.60. The molecular weight excluding hydrogens is 388 g/mol. The molecule has 29 heavy (non-hydrogen) atoms. The van der Waals surface area contributed by atoms with Crippen LogP contribution in [-0.4, -0.2) is 44.1 Å². The van der Waals surface area contributed by atoms with E-state index in [1.54, 1.807) is 4.68 Å². The molecule has 1 aliphatic heterocycles. The van der Waals surface area contributed by atoms with E-state index in [2.05, 4.69) is 25.7 Å². The van der Waals surface area contributed by atoms with Gasteiger partial charge in [-0.15, -0.1) is 5.10 Å². The Morgan fingerprint density at radius 1 is 1.03 bits per heavy atom. The maximum Gasteiger partial charge on any atom is 0.242 e. The molecule has 3 aromatic rings. The molecule has 8 heteroatoms. The second kappa shape index (κ2) is 9.15. The summed E-state index contributed by atoms with van der Waals surface area (Å²) in [4.78, 5) is 15.2. The van der Waals surface area contributed by atoms with Crippen molar-refractivity contribution in [3.8, 4) is 0 Å². The van der Waals surface area contributed by atoms with E-state index >= 15 is 0 Å². The van der Waals surface area contributed by atoms with Crippen LogP contribution in [0, 0.1) is 0 Å². The van der Waals surface area contributed by atoms with Crippen LogP contribution in [0.1, 0.15) is 35.8 Å². The Morgan fingerprint density at radius 3 is 2.45 bits per heavy atom. The summed E-state index contributed by atoms with van der Waals surface area (Å²) in [6.45, 7) is 2.84. The molecule has 4 rings (SSSR count). The molecule has 1 unspecified atom stereocenters. The number of aromatic nitrogens is 4. The van der Waals surface area contributed by atoms with Crippen LogP contribution in [0.2, 0.25) is 5.02 Å². The average Bonchev–Trinajstić information content (AvgIpc) is 3.40. The minimum Gasteiger partial charge on any atom is -0.344 e. The van der Waals surface area contributed by atoms with Crippen LogP contribution in [0.25, 0.3) is 0 Å². The largest absolute Gasteiger partial charge is 0.344 e. The van der Waals surface area contributed by atoms with Crippen molar-refractivity contribution in [1.29, 1.82) is 0 Å². The first kappa shape index (κ1) is 19.5. The van der Waals surface area contributed by atoms with E-state index in [1.165, 1.54) is 12.8 Å². The number of benzene rings is 2. The fourth-order valence-corrected chi connectivity index (χ4v) is 3.73. The van der Waals surface area contributed by atoms with Crippen LogP contribution in [0.3, 0.4) is 0 Å². The van der Waals surface area contributed by atoms with Gasteiger partial charge in [0.25, 0.3) is 0 Å². The topological polar surface area (TPSA) is 75.9 Å². The molecule has 7 nitrogen and oxygen atoms in total. The van der Waals surface area contributed by atoms with Gasteiger partial charge in [-0.05, 0) is 59.6 Å². The Hall–Kier alpha value is -2.77. The van der Waals surface area contributed by atoms with Gasteiger partial charge in [0.05, 0.1) is 12.6 Å². The van der Waals surface area contributed by atoms with Crippen molar-refractivity contribution in [2.45, 2.75) is 32.0 Å². The Morgan fingerprint density at radius 2 is 1.72 bits per heavy atom. The minimum absolute atomic E-state index is 0.0765. The van der Waals surface area contributed by atoms with Crippen LogP contribution in [0.5, 0.6) is 0 Å². The number of amides is 1. The zero-order valence-corrected chi connectivity index (χ0v) is 16.8. The van der Waals surface area contributed by atoms with Gasteiger partial charge >= 0.3 is 0 Å². The van der Waals surface area contributed by atoms with Crippen molar-refractivity contribution in [2.75, 3.05) is 13.1 Å². The number of tetrazole rings is 1. The molecule has 0 radical (unpaired) electrons. The summed E-state index contributed by atoms with van der Waals surface area (Å²) in [5.74, 6) is 0.563. The van der Waals surface area contributed by atoms with E-state index in [4.69, 9.17) is 11.6 Å². The lowest BCUT2D eigenvalue weighted by Crippen LogP contribution is -2.33. The molecule has 0 saturated carbocycles. The number of carbonyl (C=O) groups is 1. The Balaban J connectivity index is 1.49. The highest BCUT2D eigenvalue weighted by Crippen LogP contribution is 2.23. The van der Waals surface area contributed by atoms with Crippen LogP contribution < -0.4 is 5.32 Å². The van der Waals surface area contributed by atoms with E-state index in [1.807, 2.05) is 54.6 Å². The van der Waals surface area contributed by atoms with Crippen molar-refractivity contribution in [3.63, 3.8) is 0 Å². The first-order chi connectivity index (χ1) is 14.2. The van der Waals surface area contributed by atoms with Gasteiger partial charge < -0.3 is 5.32 Å². The van der Waals surface area contributed by atoms with Gasteiger partial charge in [-0.3, -0.25) is 9.69 Å². The molecule has 0 bridgehead atoms. The molecule has 1 saturated heterocycles. The number of halogens is 1. The number of nitrogens with zero attached hydrogens (tertiary/aromatic N) is 5. The quantitative estimate of drug-likeness (QED) is 0.648. The summed E-state index contributed by atoms with van der Waals surface area (Å²) in [5.41, 5.74) is 1.96. The third-order valence-electron chi connectivity index (χ3n) is 5.10. The number of nitrogens with one attached hydrogen (secondary N) is 1. The molecule has 1 amide bonds. The molecule has 2 heterocycles. The summed E-state index contributed by atoms with van der Waals surface area (Å²) in [5, 5.41) is 15.7. The van der Waals surface area contributed by atoms with E-state index in [9.17, 15) is 4.79 Å². The van der Waals surface area contributed by atoms with Crippen LogP contribution >= 0.6 is 11.6 Å². The normalized spacial score (nSPS) is 15.3. The monoisotopic (exact) mass is 410 g/mol. The molecule has 2 aromatic carbocycles. The third-order valence-corrected chi connectivity index (χ3v) is 5.36. The lowest BCUT2D eigenvalue weighted by molar-refractivity contribution is -0.122. The van der Waals surface area contributed by atoms with E-state index in [0.717, 1.165) is 24.2 Å². The van der Waals surface area contributed by atoms with Gasteiger partial charge in [0.2, 0.25) is 5.91 Å². The van der Waals surface area contributed by atoms with Crippen molar-refractivity contribution >= 4 is 17.5 Å². The van der Waals surface area contributed by atoms with Crippen molar-refractivity contribution in [2.24, 2.45) is 0 Å². The van der Waals surface area contributed by atoms with Crippen molar-refractivity contribution in [3.05, 3.63) is 76.6 Å². The fraction of sp³-hybridized carbons (Fsp3) is 0.333. The molecule has 1 N–H and O–H groups in total. The maximum atomic E-state index is 12.9. The number of hydrogen-bond acceptors (Lipinski definition) is 5. The van der Waals surface area contributed by atoms with Gasteiger partial charge in [-0.2, -0.15) is 0 Å². The molecule has 0 aliphatic carbocycles. The van der Waals surface area contributed by atoms with Gasteiger partial charge in [0.15, 0.2) is 5.82 Å². The lowest BCUT2D eigenvalue weighted by atomic mass is 9.99. The number of carbonyl (C=O) groups excluding carboxylic acids is 1. The van der Waals surface area contributed by atoms with E-state index < -0.39 is 0 Å². The minimum atomic E-state index is -0.278. The number of likely N-dealkylation sites (tertiary alicyclic amines) is 1.